The lowest BCUT2D eigenvalue weighted by Crippen LogP contribution is -2.25. The maximum atomic E-state index is 5.89. The molecule has 0 aliphatic carbocycles. The first-order valence-corrected chi connectivity index (χ1v) is 5.78. The zero-order valence-electron chi connectivity index (χ0n) is 9.15. The number of anilines is 1. The van der Waals surface area contributed by atoms with E-state index in [-0.39, 0.29) is 0 Å². The van der Waals surface area contributed by atoms with Crippen LogP contribution in [-0.4, -0.2) is 23.0 Å². The zero-order valence-corrected chi connectivity index (χ0v) is 9.15. The van der Waals surface area contributed by atoms with Gasteiger partial charge in [0.15, 0.2) is 0 Å². The molecule has 2 N–H and O–H groups in total. The van der Waals surface area contributed by atoms with Crippen molar-refractivity contribution in [1.82, 2.24) is 9.88 Å². The Balaban J connectivity index is 1.98. The number of nitrogens with zero attached hydrogens (tertiary/aromatic N) is 2. The molecule has 3 nitrogen and oxygen atoms in total. The molecule has 0 saturated carbocycles. The minimum absolute atomic E-state index is 0.821. The van der Waals surface area contributed by atoms with E-state index in [4.69, 9.17) is 5.73 Å². The van der Waals surface area contributed by atoms with Gasteiger partial charge in [0.05, 0.1) is 11.4 Å². The molecule has 0 bridgehead atoms. The normalized spacial score (nSPS) is 18.7. The van der Waals surface area contributed by atoms with Crippen LogP contribution in [0.25, 0.3) is 0 Å². The Morgan fingerprint density at radius 3 is 2.60 bits per heavy atom. The molecule has 0 atom stereocenters. The molecule has 3 heteroatoms. The Labute approximate surface area is 91.3 Å². The Morgan fingerprint density at radius 2 is 1.93 bits per heavy atom. The smallest absolute Gasteiger partial charge is 0.0772 e. The van der Waals surface area contributed by atoms with Crippen LogP contribution in [0, 0.1) is 0 Å². The van der Waals surface area contributed by atoms with Crippen molar-refractivity contribution in [3.63, 3.8) is 0 Å². The average Bonchev–Trinajstić information content (AvgIpc) is 2.50. The van der Waals surface area contributed by atoms with Crippen molar-refractivity contribution in [2.24, 2.45) is 0 Å². The summed E-state index contributed by atoms with van der Waals surface area (Å²) in [4.78, 5) is 6.80. The highest BCUT2D eigenvalue weighted by molar-refractivity contribution is 5.41. The summed E-state index contributed by atoms with van der Waals surface area (Å²) in [5.74, 6) is 0. The Bertz CT molecular complexity index is 303. The summed E-state index contributed by atoms with van der Waals surface area (Å²) < 4.78 is 0. The van der Waals surface area contributed by atoms with Crippen LogP contribution in [0.15, 0.2) is 18.3 Å². The molecule has 2 rings (SSSR count). The summed E-state index contributed by atoms with van der Waals surface area (Å²) in [6, 6.07) is 3.82. The average molecular weight is 205 g/mol. The van der Waals surface area contributed by atoms with Gasteiger partial charge in [0.2, 0.25) is 0 Å². The van der Waals surface area contributed by atoms with Crippen LogP contribution < -0.4 is 5.73 Å². The van der Waals surface area contributed by atoms with Gasteiger partial charge in [0, 0.05) is 12.7 Å². The number of nitrogens with two attached hydrogens (primary N) is 1. The van der Waals surface area contributed by atoms with Crippen LogP contribution in [0.2, 0.25) is 0 Å². The third-order valence-corrected chi connectivity index (χ3v) is 3.00. The number of likely N-dealkylation sites (tertiary alicyclic amines) is 1. The van der Waals surface area contributed by atoms with Gasteiger partial charge in [-0.15, -0.1) is 0 Å². The highest BCUT2D eigenvalue weighted by atomic mass is 15.1. The van der Waals surface area contributed by atoms with Gasteiger partial charge in [0.1, 0.15) is 0 Å². The number of aromatic nitrogens is 1. The lowest BCUT2D eigenvalue weighted by Gasteiger charge is -2.19. The number of hydrogen-bond donors (Lipinski definition) is 1. The first-order chi connectivity index (χ1) is 7.36. The summed E-state index contributed by atoms with van der Waals surface area (Å²) >= 11 is 0. The molecule has 82 valence electrons. The van der Waals surface area contributed by atoms with Crippen LogP contribution >= 0.6 is 0 Å². The highest BCUT2D eigenvalue weighted by Crippen LogP contribution is 2.15. The van der Waals surface area contributed by atoms with Gasteiger partial charge in [-0.25, -0.2) is 0 Å². The molecule has 0 radical (unpaired) electrons. The second-order valence-corrected chi connectivity index (χ2v) is 4.23. The van der Waals surface area contributed by atoms with Crippen LogP contribution in [0.1, 0.15) is 31.4 Å². The monoisotopic (exact) mass is 205 g/mol. The number of hydrogen-bond acceptors (Lipinski definition) is 3. The molecule has 1 aliphatic rings. The molecule has 0 amide bonds. The summed E-state index contributed by atoms with van der Waals surface area (Å²) in [7, 11) is 0. The minimum Gasteiger partial charge on any atom is -0.397 e. The van der Waals surface area contributed by atoms with Gasteiger partial charge in [-0.1, -0.05) is 12.8 Å². The standard InChI is InChI=1S/C12H19N3/c13-11-6-5-7-14-12(11)10-15-8-3-1-2-4-9-15/h5-7H,1-4,8-10,13H2. The first-order valence-electron chi connectivity index (χ1n) is 5.78. The summed E-state index contributed by atoms with van der Waals surface area (Å²) in [6.45, 7) is 3.29. The van der Waals surface area contributed by atoms with Crippen LogP contribution in [-0.2, 0) is 6.54 Å². The van der Waals surface area contributed by atoms with E-state index in [0.29, 0.717) is 0 Å². The van der Waals surface area contributed by atoms with E-state index >= 15 is 0 Å². The third-order valence-electron chi connectivity index (χ3n) is 3.00. The summed E-state index contributed by atoms with van der Waals surface area (Å²) in [5.41, 5.74) is 7.74. The Morgan fingerprint density at radius 1 is 1.20 bits per heavy atom. The van der Waals surface area contributed by atoms with Crippen molar-refractivity contribution in [2.45, 2.75) is 32.2 Å². The molecule has 0 spiro atoms. The van der Waals surface area contributed by atoms with Gasteiger partial charge in [-0.3, -0.25) is 9.88 Å². The number of nitrogen functional groups attached to an aromatic ring is 1. The lowest BCUT2D eigenvalue weighted by molar-refractivity contribution is 0.274. The first kappa shape index (κ1) is 10.4. The fourth-order valence-corrected chi connectivity index (χ4v) is 2.09. The van der Waals surface area contributed by atoms with E-state index in [1.54, 1.807) is 0 Å². The maximum absolute atomic E-state index is 5.89. The van der Waals surface area contributed by atoms with Gasteiger partial charge >= 0.3 is 0 Å². The fraction of sp³-hybridized carbons (Fsp3) is 0.583. The second-order valence-electron chi connectivity index (χ2n) is 4.23. The van der Waals surface area contributed by atoms with Crippen molar-refractivity contribution in [2.75, 3.05) is 18.8 Å². The predicted octanol–water partition coefficient (Wildman–Crippen LogP) is 2.04. The molecule has 1 fully saturated rings. The molecule has 0 aromatic carbocycles. The summed E-state index contributed by atoms with van der Waals surface area (Å²) in [6.07, 6.45) is 7.19. The van der Waals surface area contributed by atoms with Crippen molar-refractivity contribution < 1.29 is 0 Å². The fourth-order valence-electron chi connectivity index (χ4n) is 2.09. The molecule has 1 aromatic heterocycles. The molecule has 1 aromatic rings. The minimum atomic E-state index is 0.821. The van der Waals surface area contributed by atoms with Crippen molar-refractivity contribution >= 4 is 5.69 Å². The lowest BCUT2D eigenvalue weighted by atomic mass is 10.2. The van der Waals surface area contributed by atoms with Gasteiger partial charge < -0.3 is 5.73 Å². The Hall–Kier alpha value is -1.09. The topological polar surface area (TPSA) is 42.1 Å². The van der Waals surface area contributed by atoms with Gasteiger partial charge in [0.25, 0.3) is 0 Å². The van der Waals surface area contributed by atoms with Gasteiger partial charge in [-0.2, -0.15) is 0 Å². The summed E-state index contributed by atoms with van der Waals surface area (Å²) in [5, 5.41) is 0. The SMILES string of the molecule is Nc1cccnc1CN1CCCCCC1. The van der Waals surface area contributed by atoms with Crippen LogP contribution in [0.3, 0.4) is 0 Å². The van der Waals surface area contributed by atoms with E-state index in [1.807, 2.05) is 18.3 Å². The van der Waals surface area contributed by atoms with E-state index in [9.17, 15) is 0 Å². The number of rotatable bonds is 2. The molecule has 1 saturated heterocycles. The molecule has 1 aliphatic heterocycles. The van der Waals surface area contributed by atoms with E-state index < -0.39 is 0 Å². The third kappa shape index (κ3) is 2.93. The largest absolute Gasteiger partial charge is 0.397 e. The van der Waals surface area contributed by atoms with Crippen molar-refractivity contribution in [1.29, 1.82) is 0 Å². The van der Waals surface area contributed by atoms with Gasteiger partial charge in [-0.05, 0) is 38.1 Å². The predicted molar refractivity (Wildman–Crippen MR) is 62.4 cm³/mol. The van der Waals surface area contributed by atoms with E-state index in [1.165, 1.54) is 38.8 Å². The van der Waals surface area contributed by atoms with Crippen molar-refractivity contribution in [3.8, 4) is 0 Å². The van der Waals surface area contributed by atoms with Crippen LogP contribution in [0.4, 0.5) is 5.69 Å². The zero-order chi connectivity index (χ0) is 10.5. The van der Waals surface area contributed by atoms with E-state index in [0.717, 1.165) is 17.9 Å². The van der Waals surface area contributed by atoms with Crippen LogP contribution in [0.5, 0.6) is 0 Å². The molecular weight excluding hydrogens is 186 g/mol. The highest BCUT2D eigenvalue weighted by Gasteiger charge is 2.11. The van der Waals surface area contributed by atoms with Crippen molar-refractivity contribution in [3.05, 3.63) is 24.0 Å². The molecule has 0 unspecified atom stereocenters. The molecule has 15 heavy (non-hydrogen) atoms. The maximum Gasteiger partial charge on any atom is 0.0772 e. The quantitative estimate of drug-likeness (QED) is 0.803. The molecule has 2 heterocycles. The number of pyridine rings is 1. The second kappa shape index (κ2) is 5.12. The van der Waals surface area contributed by atoms with E-state index in [2.05, 4.69) is 9.88 Å². The molecular formula is C12H19N3. The Kier molecular flexibility index (Phi) is 3.56.